The third-order valence-corrected chi connectivity index (χ3v) is 3.85. The van der Waals surface area contributed by atoms with Gasteiger partial charge in [-0.05, 0) is 31.1 Å². The normalized spacial score (nSPS) is 15.0. The number of nitrogen functional groups attached to an aromatic ring is 1. The number of hydrogen-bond donors (Lipinski definition) is 2. The number of hydrogen-bond acceptors (Lipinski definition) is 5. The van der Waals surface area contributed by atoms with Crippen LogP contribution in [0, 0.1) is 16.0 Å². The van der Waals surface area contributed by atoms with E-state index in [1.54, 1.807) is 4.90 Å². The van der Waals surface area contributed by atoms with E-state index in [9.17, 15) is 19.7 Å². The minimum absolute atomic E-state index is 0.0456. The van der Waals surface area contributed by atoms with Crippen LogP contribution < -0.4 is 11.1 Å². The van der Waals surface area contributed by atoms with Gasteiger partial charge in [-0.25, -0.2) is 0 Å². The summed E-state index contributed by atoms with van der Waals surface area (Å²) in [5.41, 5.74) is 5.66. The highest BCUT2D eigenvalue weighted by atomic mass is 16.6. The fraction of sp³-hybridized carbons (Fsp3) is 0.333. The van der Waals surface area contributed by atoms with Crippen LogP contribution in [-0.4, -0.2) is 34.7 Å². The largest absolute Gasteiger partial charge is 0.393 e. The number of benzene rings is 1. The van der Waals surface area contributed by atoms with E-state index in [0.717, 1.165) is 0 Å². The van der Waals surface area contributed by atoms with E-state index in [2.05, 4.69) is 11.9 Å². The predicted molar refractivity (Wildman–Crippen MR) is 85.6 cm³/mol. The fourth-order valence-electron chi connectivity index (χ4n) is 2.52. The monoisotopic (exact) mass is 318 g/mol. The van der Waals surface area contributed by atoms with E-state index in [1.807, 2.05) is 0 Å². The number of nitrogens with one attached hydrogen (secondary N) is 1. The van der Waals surface area contributed by atoms with Gasteiger partial charge in [0.2, 0.25) is 11.8 Å². The molecule has 0 radical (unpaired) electrons. The van der Waals surface area contributed by atoms with Crippen molar-refractivity contribution < 1.29 is 14.5 Å². The van der Waals surface area contributed by atoms with Crippen molar-refractivity contribution in [2.45, 2.75) is 12.8 Å². The second-order valence-electron chi connectivity index (χ2n) is 5.32. The summed E-state index contributed by atoms with van der Waals surface area (Å²) in [6, 6.07) is 4.15. The van der Waals surface area contributed by atoms with Gasteiger partial charge < -0.3 is 16.0 Å². The Balaban J connectivity index is 1.98. The molecule has 1 aliphatic rings. The molecule has 0 aromatic heterocycles. The topological polar surface area (TPSA) is 119 Å². The first-order chi connectivity index (χ1) is 10.9. The first-order valence-electron chi connectivity index (χ1n) is 7.18. The van der Waals surface area contributed by atoms with Crippen molar-refractivity contribution in [2.24, 2.45) is 5.92 Å². The van der Waals surface area contributed by atoms with Gasteiger partial charge in [0.1, 0.15) is 5.69 Å². The molecule has 0 aliphatic carbocycles. The molecular formula is C15H18N4O4. The van der Waals surface area contributed by atoms with E-state index in [0.29, 0.717) is 31.6 Å². The molecule has 0 atom stereocenters. The molecular weight excluding hydrogens is 300 g/mol. The molecule has 1 aromatic carbocycles. The lowest BCUT2D eigenvalue weighted by Crippen LogP contribution is -2.40. The summed E-state index contributed by atoms with van der Waals surface area (Å²) >= 11 is 0. The quantitative estimate of drug-likeness (QED) is 0.378. The van der Waals surface area contributed by atoms with E-state index in [-0.39, 0.29) is 29.1 Å². The molecule has 1 fully saturated rings. The van der Waals surface area contributed by atoms with Crippen LogP contribution in [0.2, 0.25) is 0 Å². The number of rotatable bonds is 4. The van der Waals surface area contributed by atoms with Crippen molar-refractivity contribution in [2.75, 3.05) is 24.1 Å². The number of nitro groups is 1. The average molecular weight is 318 g/mol. The average Bonchev–Trinajstić information content (AvgIpc) is 2.55. The molecule has 0 spiro atoms. The minimum atomic E-state index is -0.593. The van der Waals surface area contributed by atoms with E-state index in [1.165, 1.54) is 24.3 Å². The molecule has 2 rings (SSSR count). The first kappa shape index (κ1) is 16.5. The van der Waals surface area contributed by atoms with Crippen LogP contribution in [-0.2, 0) is 9.59 Å². The second-order valence-corrected chi connectivity index (χ2v) is 5.32. The predicted octanol–water partition coefficient (Wildman–Crippen LogP) is 1.54. The maximum Gasteiger partial charge on any atom is 0.294 e. The molecule has 1 aromatic rings. The van der Waals surface area contributed by atoms with E-state index in [4.69, 9.17) is 5.73 Å². The fourth-order valence-corrected chi connectivity index (χ4v) is 2.52. The molecule has 1 heterocycles. The van der Waals surface area contributed by atoms with Gasteiger partial charge in [-0.15, -0.1) is 0 Å². The number of amides is 2. The van der Waals surface area contributed by atoms with Crippen LogP contribution in [0.15, 0.2) is 30.9 Å². The SMILES string of the molecule is C=CC(=O)N1CCC(C(=O)Nc2ccc(N)c([N+](=O)[O-])c2)CC1. The summed E-state index contributed by atoms with van der Waals surface area (Å²) in [5.74, 6) is -0.590. The Morgan fingerprint density at radius 1 is 1.39 bits per heavy atom. The number of carbonyl (C=O) groups is 2. The van der Waals surface area contributed by atoms with Gasteiger partial charge in [0.25, 0.3) is 5.69 Å². The summed E-state index contributed by atoms with van der Waals surface area (Å²) in [4.78, 5) is 35.7. The highest BCUT2D eigenvalue weighted by Gasteiger charge is 2.26. The minimum Gasteiger partial charge on any atom is -0.393 e. The highest BCUT2D eigenvalue weighted by Crippen LogP contribution is 2.26. The van der Waals surface area contributed by atoms with Crippen molar-refractivity contribution in [1.82, 2.24) is 4.90 Å². The molecule has 23 heavy (non-hydrogen) atoms. The molecule has 3 N–H and O–H groups in total. The second kappa shape index (κ2) is 6.91. The molecule has 8 heteroatoms. The van der Waals surface area contributed by atoms with Gasteiger partial charge >= 0.3 is 0 Å². The first-order valence-corrected chi connectivity index (χ1v) is 7.18. The maximum atomic E-state index is 12.2. The van der Waals surface area contributed by atoms with Gasteiger partial charge in [0, 0.05) is 30.8 Å². The zero-order chi connectivity index (χ0) is 17.0. The van der Waals surface area contributed by atoms with E-state index < -0.39 is 4.92 Å². The Hall–Kier alpha value is -2.90. The zero-order valence-electron chi connectivity index (χ0n) is 12.5. The smallest absolute Gasteiger partial charge is 0.294 e. The summed E-state index contributed by atoms with van der Waals surface area (Å²) in [6.07, 6.45) is 2.35. The number of anilines is 2. The number of carbonyl (C=O) groups excluding carboxylic acids is 2. The van der Waals surface area contributed by atoms with Gasteiger partial charge in [-0.3, -0.25) is 19.7 Å². The molecule has 0 saturated carbocycles. The molecule has 2 amide bonds. The molecule has 0 unspecified atom stereocenters. The Labute approximate surface area is 133 Å². The van der Waals surface area contributed by atoms with Gasteiger partial charge in [-0.2, -0.15) is 0 Å². The summed E-state index contributed by atoms with van der Waals surface area (Å²) in [7, 11) is 0. The Morgan fingerprint density at radius 2 is 2.04 bits per heavy atom. The van der Waals surface area contributed by atoms with E-state index >= 15 is 0 Å². The number of nitrogens with two attached hydrogens (primary N) is 1. The molecule has 8 nitrogen and oxygen atoms in total. The third kappa shape index (κ3) is 3.85. The maximum absolute atomic E-state index is 12.2. The van der Waals surface area contributed by atoms with Crippen molar-refractivity contribution in [3.8, 4) is 0 Å². The molecule has 122 valence electrons. The lowest BCUT2D eigenvalue weighted by Gasteiger charge is -2.30. The van der Waals surface area contributed by atoms with Crippen LogP contribution >= 0.6 is 0 Å². The summed E-state index contributed by atoms with van der Waals surface area (Å²) in [6.45, 7) is 4.42. The van der Waals surface area contributed by atoms with Gasteiger partial charge in [0.05, 0.1) is 4.92 Å². The summed E-state index contributed by atoms with van der Waals surface area (Å²) < 4.78 is 0. The molecule has 1 saturated heterocycles. The van der Waals surface area contributed by atoms with Crippen molar-refractivity contribution >= 4 is 28.9 Å². The van der Waals surface area contributed by atoms with Crippen LogP contribution in [0.1, 0.15) is 12.8 Å². The molecule has 1 aliphatic heterocycles. The van der Waals surface area contributed by atoms with Crippen LogP contribution in [0.4, 0.5) is 17.1 Å². The number of piperidine rings is 1. The van der Waals surface area contributed by atoms with Crippen molar-refractivity contribution in [3.05, 3.63) is 41.0 Å². The lowest BCUT2D eigenvalue weighted by molar-refractivity contribution is -0.383. The zero-order valence-corrected chi connectivity index (χ0v) is 12.5. The Bertz CT molecular complexity index is 651. The number of nitro benzene ring substituents is 1. The number of likely N-dealkylation sites (tertiary alicyclic amines) is 1. The van der Waals surface area contributed by atoms with Gasteiger partial charge in [-0.1, -0.05) is 6.58 Å². The van der Waals surface area contributed by atoms with Gasteiger partial charge in [0.15, 0.2) is 0 Å². The van der Waals surface area contributed by atoms with Crippen LogP contribution in [0.5, 0.6) is 0 Å². The van der Waals surface area contributed by atoms with Crippen molar-refractivity contribution in [3.63, 3.8) is 0 Å². The van der Waals surface area contributed by atoms with Crippen molar-refractivity contribution in [1.29, 1.82) is 0 Å². The molecule has 0 bridgehead atoms. The van der Waals surface area contributed by atoms with Crippen LogP contribution in [0.3, 0.4) is 0 Å². The standard InChI is InChI=1S/C15H18N4O4/c1-2-14(20)18-7-5-10(6-8-18)15(21)17-11-3-4-12(16)13(9-11)19(22)23/h2-4,9-10H,1,5-8,16H2,(H,17,21). The third-order valence-electron chi connectivity index (χ3n) is 3.85. The van der Waals surface area contributed by atoms with Crippen LogP contribution in [0.25, 0.3) is 0 Å². The highest BCUT2D eigenvalue weighted by molar-refractivity contribution is 5.93. The summed E-state index contributed by atoms with van der Waals surface area (Å²) in [5, 5.41) is 13.5. The Kier molecular flexibility index (Phi) is 4.95. The lowest BCUT2D eigenvalue weighted by atomic mass is 9.95. The Morgan fingerprint density at radius 3 is 2.61 bits per heavy atom. The number of nitrogens with zero attached hydrogens (tertiary/aromatic N) is 2.